The van der Waals surface area contributed by atoms with Crippen LogP contribution in [0.25, 0.3) is 82.9 Å². The first-order valence-electron chi connectivity index (χ1n) is 29.1. The molecule has 26 heteroatoms. The third-order valence-electron chi connectivity index (χ3n) is 15.3. The van der Waals surface area contributed by atoms with Crippen LogP contribution in [0.2, 0.25) is 20.2 Å². The predicted octanol–water partition coefficient (Wildman–Crippen LogP) is 14.3. The summed E-state index contributed by atoms with van der Waals surface area (Å²) in [5, 5.41) is 12.4. The van der Waals surface area contributed by atoms with Crippen molar-refractivity contribution >= 4 is 148 Å². The summed E-state index contributed by atoms with van der Waals surface area (Å²) in [5.41, 5.74) is 14.3. The van der Waals surface area contributed by atoms with E-state index in [1.165, 1.54) is 19.0 Å². The molecule has 0 spiro atoms. The van der Waals surface area contributed by atoms with Gasteiger partial charge in [-0.15, -0.1) is 24.0 Å². The molecule has 0 saturated heterocycles. The number of nitrogens with zero attached hydrogens (tertiary/aromatic N) is 14. The second kappa shape index (κ2) is 28.5. The van der Waals surface area contributed by atoms with Crippen molar-refractivity contribution in [3.63, 3.8) is 0 Å². The first-order valence-corrected chi connectivity index (χ1v) is 30.6. The molecule has 0 aliphatic carbocycles. The molecule has 21 nitrogen and oxygen atoms in total. The van der Waals surface area contributed by atoms with Crippen molar-refractivity contribution < 1.29 is 0 Å². The minimum atomic E-state index is -0.263. The Labute approximate surface area is 573 Å². The fourth-order valence-electron chi connectivity index (χ4n) is 10.9. The van der Waals surface area contributed by atoms with E-state index in [-0.39, 0.29) is 58.8 Å². The lowest BCUT2D eigenvalue weighted by molar-refractivity contribution is 0.734. The van der Waals surface area contributed by atoms with Gasteiger partial charge in [0, 0.05) is 54.3 Å². The van der Waals surface area contributed by atoms with Crippen molar-refractivity contribution in [3.05, 3.63) is 270 Å². The van der Waals surface area contributed by atoms with Gasteiger partial charge in [0.05, 0.1) is 62.3 Å². The SMILES string of the molecule is C[C@H](N)c1cc2cccc(Cl)c2c(=O)n1-c1ccccc1.C[C@H](Nc1ncnc2c1ncn2C)c1cc2cccc(Cl)c2c(=O)n1-c1ccccc1.C[C@H](Nc1ncnc2nc[nH]c12)c1cc2cccc(Cl)c2c(=O)n1-c1ccccc1.Cn1cnc2c(Cl)ncnc21.I. The number of H-pyrrole nitrogens is 1. The monoisotopic (exact) mass is 1440 g/mol. The van der Waals surface area contributed by atoms with E-state index in [2.05, 4.69) is 60.5 Å². The van der Waals surface area contributed by atoms with E-state index in [0.29, 0.717) is 70.2 Å². The summed E-state index contributed by atoms with van der Waals surface area (Å²) in [6, 6.07) is 50.1. The van der Waals surface area contributed by atoms with Gasteiger partial charge in [-0.1, -0.05) is 137 Å². The van der Waals surface area contributed by atoms with Gasteiger partial charge in [-0.25, -0.2) is 44.9 Å². The Morgan fingerprint density at radius 3 is 1.30 bits per heavy atom. The standard InChI is InChI=1S/C23H19ClN6O.C22H17ClN6O.C17H15ClN2O.C6H5ClN4.HI/c1-14(28-21-20-22(26-12-25-21)29(2)13-27-20)18-11-15-7-6-10-17(24)19(15)23(31)30(18)16-8-4-3-5-9-16;1-13(28-21-19-20(25-11-24-19)26-12-27-21)17-10-14-6-5-9-16(23)18(14)22(30)29(17)15-7-3-2-4-8-15;1-11(19)15-10-12-6-5-9-14(18)16(12)17(21)20(15)13-7-3-2-4-8-13;1-11-3-10-4-5(7)8-2-9-6(4)11;/h3-14H,1-2H3,(H,25,26,28);2-13H,1H3,(H2,24,25,26,27,28);2-11H,19H2,1H3;2-3H,1H3;1H/t14-;13-;11-;;/m000../s1. The number of imidazole rings is 3. The summed E-state index contributed by atoms with van der Waals surface area (Å²) < 4.78 is 8.66. The largest absolute Gasteiger partial charge is 0.360 e. The van der Waals surface area contributed by atoms with Crippen molar-refractivity contribution in [2.75, 3.05) is 10.6 Å². The third kappa shape index (κ3) is 13.2. The maximum atomic E-state index is 13.6. The average Bonchev–Trinajstić information content (AvgIpc) is 0.860. The summed E-state index contributed by atoms with van der Waals surface area (Å²) in [7, 11) is 3.74. The number of pyridine rings is 3. The van der Waals surface area contributed by atoms with E-state index in [9.17, 15) is 14.4 Å². The molecule has 0 amide bonds. The zero-order chi connectivity index (χ0) is 65.0. The van der Waals surface area contributed by atoms with Gasteiger partial charge in [-0.05, 0) is 110 Å². The highest BCUT2D eigenvalue weighted by atomic mass is 127. The van der Waals surface area contributed by atoms with Gasteiger partial charge in [0.15, 0.2) is 33.7 Å². The van der Waals surface area contributed by atoms with Gasteiger partial charge in [0.1, 0.15) is 35.5 Å². The van der Waals surface area contributed by atoms with Crippen LogP contribution in [0, 0.1) is 0 Å². The van der Waals surface area contributed by atoms with Crippen LogP contribution < -0.4 is 33.0 Å². The Hall–Kier alpha value is -9.95. The van der Waals surface area contributed by atoms with Crippen LogP contribution in [0.1, 0.15) is 56.0 Å². The Morgan fingerprint density at radius 1 is 0.447 bits per heavy atom. The molecule has 0 bridgehead atoms. The summed E-state index contributed by atoms with van der Waals surface area (Å²) >= 11 is 24.7. The zero-order valence-electron chi connectivity index (χ0n) is 50.8. The Balaban J connectivity index is 0.000000134. The molecule has 6 aromatic carbocycles. The molecule has 15 rings (SSSR count). The highest BCUT2D eigenvalue weighted by Crippen LogP contribution is 2.31. The first kappa shape index (κ1) is 65.5. The molecule has 0 unspecified atom stereocenters. The summed E-state index contributed by atoms with van der Waals surface area (Å²) in [4.78, 5) is 80.6. The second-order valence-electron chi connectivity index (χ2n) is 21.5. The van der Waals surface area contributed by atoms with E-state index in [4.69, 9.17) is 52.1 Å². The van der Waals surface area contributed by atoms with Gasteiger partial charge in [-0.2, -0.15) is 0 Å². The fourth-order valence-corrected chi connectivity index (χ4v) is 11.9. The molecular weight excluding hydrogens is 1390 g/mol. The van der Waals surface area contributed by atoms with Gasteiger partial charge >= 0.3 is 0 Å². The van der Waals surface area contributed by atoms with Gasteiger partial charge in [-0.3, -0.25) is 28.1 Å². The molecule has 9 heterocycles. The van der Waals surface area contributed by atoms with Crippen LogP contribution >= 0.6 is 70.4 Å². The minimum Gasteiger partial charge on any atom is -0.360 e. The smallest absolute Gasteiger partial charge is 0.264 e. The van der Waals surface area contributed by atoms with Crippen molar-refractivity contribution in [1.82, 2.24) is 72.7 Å². The number of para-hydroxylation sites is 3. The maximum absolute atomic E-state index is 13.6. The number of rotatable bonds is 10. The summed E-state index contributed by atoms with van der Waals surface area (Å²) in [5.74, 6) is 1.22. The topological polar surface area (TPSA) is 258 Å². The molecule has 0 aliphatic rings. The van der Waals surface area contributed by atoms with E-state index < -0.39 is 0 Å². The summed E-state index contributed by atoms with van der Waals surface area (Å²) in [6.07, 6.45) is 9.32. The maximum Gasteiger partial charge on any atom is 0.264 e. The highest BCUT2D eigenvalue weighted by molar-refractivity contribution is 14.0. The first-order chi connectivity index (χ1) is 45.1. The highest BCUT2D eigenvalue weighted by Gasteiger charge is 2.22. The molecule has 0 fully saturated rings. The Morgan fingerprint density at radius 2 is 0.840 bits per heavy atom. The summed E-state index contributed by atoms with van der Waals surface area (Å²) in [6.45, 7) is 5.83. The fraction of sp³-hybridized carbons (Fsp3) is 0.118. The van der Waals surface area contributed by atoms with Crippen LogP contribution in [0.3, 0.4) is 0 Å². The van der Waals surface area contributed by atoms with Gasteiger partial charge < -0.3 is 30.5 Å². The van der Waals surface area contributed by atoms with Crippen LogP contribution in [-0.2, 0) is 14.1 Å². The minimum absolute atomic E-state index is 0. The van der Waals surface area contributed by atoms with Crippen LogP contribution in [0.4, 0.5) is 11.6 Å². The molecule has 0 aliphatic heterocycles. The number of aryl methyl sites for hydroxylation is 2. The van der Waals surface area contributed by atoms with Crippen molar-refractivity contribution in [3.8, 4) is 17.1 Å². The zero-order valence-corrected chi connectivity index (χ0v) is 56.1. The third-order valence-corrected chi connectivity index (χ3v) is 16.6. The van der Waals surface area contributed by atoms with Gasteiger partial charge in [0.2, 0.25) is 0 Å². The lowest BCUT2D eigenvalue weighted by atomic mass is 10.1. The number of hydrogen-bond donors (Lipinski definition) is 4. The number of aromatic amines is 1. The van der Waals surface area contributed by atoms with E-state index in [1.807, 2.05) is 185 Å². The van der Waals surface area contributed by atoms with Crippen molar-refractivity contribution in [1.29, 1.82) is 0 Å². The second-order valence-corrected chi connectivity index (χ2v) is 23.1. The number of nitrogens with two attached hydrogens (primary N) is 1. The van der Waals surface area contributed by atoms with E-state index in [0.717, 1.165) is 61.6 Å². The molecule has 94 heavy (non-hydrogen) atoms. The molecule has 3 atom stereocenters. The van der Waals surface area contributed by atoms with Crippen molar-refractivity contribution in [2.24, 2.45) is 19.8 Å². The van der Waals surface area contributed by atoms with Crippen LogP contribution in [0.15, 0.2) is 216 Å². The number of fused-ring (bicyclic) bond motifs is 6. The molecule has 0 saturated carbocycles. The van der Waals surface area contributed by atoms with Gasteiger partial charge in [0.25, 0.3) is 16.7 Å². The van der Waals surface area contributed by atoms with E-state index in [1.54, 1.807) is 55.4 Å². The Kier molecular flexibility index (Phi) is 19.9. The number of anilines is 2. The molecule has 15 aromatic rings. The predicted molar refractivity (Wildman–Crippen MR) is 385 cm³/mol. The molecule has 0 radical (unpaired) electrons. The molecule has 9 aromatic heterocycles. The Bertz CT molecular complexity index is 5440. The quantitative estimate of drug-likeness (QED) is 0.0733. The van der Waals surface area contributed by atoms with Crippen LogP contribution in [-0.4, -0.2) is 72.7 Å². The van der Waals surface area contributed by atoms with Crippen LogP contribution in [0.5, 0.6) is 0 Å². The number of benzene rings is 6. The van der Waals surface area contributed by atoms with Crippen molar-refractivity contribution in [2.45, 2.75) is 38.9 Å². The lowest BCUT2D eigenvalue weighted by Crippen LogP contribution is -2.25. The molecule has 472 valence electrons. The number of halogens is 5. The number of aromatic nitrogens is 15. The normalized spacial score (nSPS) is 12.1. The molecule has 5 N–H and O–H groups in total. The number of nitrogens with one attached hydrogen (secondary N) is 3. The lowest BCUT2D eigenvalue weighted by Gasteiger charge is -2.21. The molecular formula is C68H57Cl4IN18O3. The van der Waals surface area contributed by atoms with E-state index >= 15 is 0 Å². The number of hydrogen-bond acceptors (Lipinski definition) is 15. The average molecular weight is 1440 g/mol.